The van der Waals surface area contributed by atoms with Crippen LogP contribution in [0.25, 0.3) is 17.1 Å². The maximum atomic E-state index is 11.3. The molecule has 0 radical (unpaired) electrons. The van der Waals surface area contributed by atoms with Crippen LogP contribution >= 0.6 is 0 Å². The van der Waals surface area contributed by atoms with Gasteiger partial charge in [0, 0.05) is 18.0 Å². The number of aromatic nitrogens is 3. The third-order valence-corrected chi connectivity index (χ3v) is 3.02. The molecule has 3 aromatic rings. The fourth-order valence-corrected chi connectivity index (χ4v) is 2.04. The van der Waals surface area contributed by atoms with Crippen LogP contribution in [0, 0.1) is 11.3 Å². The summed E-state index contributed by atoms with van der Waals surface area (Å²) in [6.07, 6.45) is 4.04. The molecule has 100 valence electrons. The Bertz CT molecular complexity index is 831. The molecule has 0 amide bonds. The predicted molar refractivity (Wildman–Crippen MR) is 76.9 cm³/mol. The van der Waals surface area contributed by atoms with Gasteiger partial charge in [-0.15, -0.1) is 0 Å². The van der Waals surface area contributed by atoms with Gasteiger partial charge in [-0.2, -0.15) is 10.4 Å². The molecule has 0 saturated heterocycles. The van der Waals surface area contributed by atoms with Crippen LogP contribution in [0.15, 0.2) is 54.9 Å². The SMILES string of the molecule is N#Cc1cccc(-c2nn(-c3ccccn3)cc2C=O)c1. The molecule has 5 nitrogen and oxygen atoms in total. The lowest BCUT2D eigenvalue weighted by Crippen LogP contribution is -1.97. The summed E-state index contributed by atoms with van der Waals surface area (Å²) in [5.41, 5.74) is 2.24. The fourth-order valence-electron chi connectivity index (χ4n) is 2.04. The van der Waals surface area contributed by atoms with Gasteiger partial charge in [-0.25, -0.2) is 9.67 Å². The van der Waals surface area contributed by atoms with Crippen molar-refractivity contribution < 1.29 is 4.79 Å². The van der Waals surface area contributed by atoms with Crippen molar-refractivity contribution in [2.24, 2.45) is 0 Å². The Balaban J connectivity index is 2.13. The highest BCUT2D eigenvalue weighted by atomic mass is 16.1. The van der Waals surface area contributed by atoms with Crippen LogP contribution in [0.1, 0.15) is 15.9 Å². The van der Waals surface area contributed by atoms with Crippen LogP contribution in [0.5, 0.6) is 0 Å². The van der Waals surface area contributed by atoms with Gasteiger partial charge in [0.05, 0.1) is 17.2 Å². The molecule has 2 aromatic heterocycles. The first kappa shape index (κ1) is 12.8. The van der Waals surface area contributed by atoms with E-state index in [0.29, 0.717) is 22.6 Å². The minimum absolute atomic E-state index is 0.454. The summed E-state index contributed by atoms with van der Waals surface area (Å²) in [5, 5.41) is 13.4. The zero-order chi connectivity index (χ0) is 14.7. The van der Waals surface area contributed by atoms with Crippen molar-refractivity contribution in [3.8, 4) is 23.1 Å². The van der Waals surface area contributed by atoms with Gasteiger partial charge in [-0.3, -0.25) is 4.79 Å². The van der Waals surface area contributed by atoms with Crippen LogP contribution in [0.2, 0.25) is 0 Å². The zero-order valence-corrected chi connectivity index (χ0v) is 11.0. The summed E-state index contributed by atoms with van der Waals surface area (Å²) in [4.78, 5) is 15.5. The number of carbonyl (C=O) groups is 1. The lowest BCUT2D eigenvalue weighted by Gasteiger charge is -1.99. The van der Waals surface area contributed by atoms with Gasteiger partial charge in [-0.05, 0) is 24.3 Å². The highest BCUT2D eigenvalue weighted by Crippen LogP contribution is 2.23. The number of nitrogens with zero attached hydrogens (tertiary/aromatic N) is 4. The second-order valence-electron chi connectivity index (χ2n) is 4.38. The molecule has 0 atom stereocenters. The summed E-state index contributed by atoms with van der Waals surface area (Å²) in [6, 6.07) is 14.5. The van der Waals surface area contributed by atoms with Crippen LogP contribution < -0.4 is 0 Å². The van der Waals surface area contributed by atoms with E-state index in [-0.39, 0.29) is 0 Å². The number of hydrogen-bond donors (Lipinski definition) is 0. The molecule has 21 heavy (non-hydrogen) atoms. The summed E-state index contributed by atoms with van der Waals surface area (Å²) in [7, 11) is 0. The third-order valence-electron chi connectivity index (χ3n) is 3.02. The molecule has 0 aliphatic heterocycles. The van der Waals surface area contributed by atoms with E-state index in [9.17, 15) is 4.79 Å². The largest absolute Gasteiger partial charge is 0.298 e. The van der Waals surface area contributed by atoms with E-state index < -0.39 is 0 Å². The Morgan fingerprint density at radius 2 is 2.10 bits per heavy atom. The van der Waals surface area contributed by atoms with Crippen molar-refractivity contribution in [1.82, 2.24) is 14.8 Å². The van der Waals surface area contributed by atoms with E-state index in [0.717, 1.165) is 11.8 Å². The number of rotatable bonds is 3. The average Bonchev–Trinajstić information content (AvgIpc) is 3.00. The van der Waals surface area contributed by atoms with Crippen molar-refractivity contribution in [3.63, 3.8) is 0 Å². The zero-order valence-electron chi connectivity index (χ0n) is 11.0. The summed E-state index contributed by atoms with van der Waals surface area (Å²) >= 11 is 0. The first-order valence-electron chi connectivity index (χ1n) is 6.28. The highest BCUT2D eigenvalue weighted by molar-refractivity contribution is 5.85. The Morgan fingerprint density at radius 1 is 1.19 bits per heavy atom. The molecule has 0 unspecified atom stereocenters. The molecule has 0 aliphatic rings. The summed E-state index contributed by atoms with van der Waals surface area (Å²) in [5.74, 6) is 0.628. The molecule has 5 heteroatoms. The summed E-state index contributed by atoms with van der Waals surface area (Å²) in [6.45, 7) is 0. The number of carbonyl (C=O) groups excluding carboxylic acids is 1. The normalized spacial score (nSPS) is 10.0. The van der Waals surface area contributed by atoms with Gasteiger partial charge >= 0.3 is 0 Å². The van der Waals surface area contributed by atoms with E-state index in [2.05, 4.69) is 16.2 Å². The lowest BCUT2D eigenvalue weighted by molar-refractivity contribution is 0.112. The predicted octanol–water partition coefficient (Wildman–Crippen LogP) is 2.62. The molecule has 0 fully saturated rings. The second kappa shape index (κ2) is 5.39. The second-order valence-corrected chi connectivity index (χ2v) is 4.38. The van der Waals surface area contributed by atoms with Crippen molar-refractivity contribution in [2.45, 2.75) is 0 Å². The smallest absolute Gasteiger partial charge is 0.153 e. The maximum absolute atomic E-state index is 11.3. The number of pyridine rings is 1. The van der Waals surface area contributed by atoms with Gasteiger partial charge in [0.25, 0.3) is 0 Å². The van der Waals surface area contributed by atoms with Gasteiger partial charge < -0.3 is 0 Å². The van der Waals surface area contributed by atoms with Crippen molar-refractivity contribution in [1.29, 1.82) is 5.26 Å². The molecule has 0 aliphatic carbocycles. The van der Waals surface area contributed by atoms with Crippen LogP contribution in [0.3, 0.4) is 0 Å². The minimum atomic E-state index is 0.454. The van der Waals surface area contributed by atoms with Crippen LogP contribution in [-0.4, -0.2) is 21.1 Å². The number of benzene rings is 1. The minimum Gasteiger partial charge on any atom is -0.298 e. The first-order chi connectivity index (χ1) is 10.3. The molecule has 2 heterocycles. The van der Waals surface area contributed by atoms with Gasteiger partial charge in [-0.1, -0.05) is 18.2 Å². The van der Waals surface area contributed by atoms with Crippen LogP contribution in [0.4, 0.5) is 0 Å². The monoisotopic (exact) mass is 274 g/mol. The highest BCUT2D eigenvalue weighted by Gasteiger charge is 2.12. The first-order valence-corrected chi connectivity index (χ1v) is 6.28. The average molecular weight is 274 g/mol. The molecular weight excluding hydrogens is 264 g/mol. The number of nitriles is 1. The lowest BCUT2D eigenvalue weighted by atomic mass is 10.1. The fraction of sp³-hybridized carbons (Fsp3) is 0. The standard InChI is InChI=1S/C16H10N4O/c17-9-12-4-3-5-13(8-12)16-14(11-21)10-20(19-16)15-6-1-2-7-18-15/h1-8,10-11H. The van der Waals surface area contributed by atoms with Gasteiger partial charge in [0.15, 0.2) is 12.1 Å². The Kier molecular flexibility index (Phi) is 3.27. The maximum Gasteiger partial charge on any atom is 0.153 e. The van der Waals surface area contributed by atoms with E-state index in [1.165, 1.54) is 0 Å². The number of hydrogen-bond acceptors (Lipinski definition) is 4. The van der Waals surface area contributed by atoms with E-state index in [4.69, 9.17) is 5.26 Å². The Hall–Kier alpha value is -3.26. The van der Waals surface area contributed by atoms with Crippen molar-refractivity contribution >= 4 is 6.29 Å². The van der Waals surface area contributed by atoms with E-state index in [1.807, 2.05) is 18.2 Å². The molecule has 0 spiro atoms. The van der Waals surface area contributed by atoms with E-state index >= 15 is 0 Å². The van der Waals surface area contributed by atoms with Crippen molar-refractivity contribution in [3.05, 3.63) is 66.0 Å². The third kappa shape index (κ3) is 2.42. The molecule has 0 saturated carbocycles. The number of aldehydes is 1. The topological polar surface area (TPSA) is 71.6 Å². The summed E-state index contributed by atoms with van der Waals surface area (Å²) < 4.78 is 1.55. The Morgan fingerprint density at radius 3 is 2.81 bits per heavy atom. The molecule has 0 N–H and O–H groups in total. The Labute approximate surface area is 121 Å². The molecule has 0 bridgehead atoms. The van der Waals surface area contributed by atoms with Crippen LogP contribution in [-0.2, 0) is 0 Å². The molecule has 1 aromatic carbocycles. The van der Waals surface area contributed by atoms with Gasteiger partial charge in [0.2, 0.25) is 0 Å². The molecule has 3 rings (SSSR count). The quantitative estimate of drug-likeness (QED) is 0.688. The van der Waals surface area contributed by atoms with Gasteiger partial charge in [0.1, 0.15) is 5.69 Å². The molecular formula is C16H10N4O. The van der Waals surface area contributed by atoms with Crippen molar-refractivity contribution in [2.75, 3.05) is 0 Å². The van der Waals surface area contributed by atoms with E-state index in [1.54, 1.807) is 41.3 Å².